The molecule has 88 valence electrons. The van der Waals surface area contributed by atoms with Crippen molar-refractivity contribution in [3.05, 3.63) is 35.4 Å². The molecule has 4 nitrogen and oxygen atoms in total. The van der Waals surface area contributed by atoms with Crippen LogP contribution in [0.1, 0.15) is 17.5 Å². The van der Waals surface area contributed by atoms with Gasteiger partial charge in [0.05, 0.1) is 19.2 Å². The largest absolute Gasteiger partial charge is 0.449 e. The van der Waals surface area contributed by atoms with Crippen molar-refractivity contribution in [2.24, 2.45) is 0 Å². The Bertz CT molecular complexity index is 447. The van der Waals surface area contributed by atoms with Crippen LogP contribution < -0.4 is 0 Å². The molecule has 1 unspecified atom stereocenters. The number of ether oxygens (including phenoxy) is 1. The zero-order valence-electron chi connectivity index (χ0n) is 9.72. The third-order valence-electron chi connectivity index (χ3n) is 2.85. The molecule has 0 saturated carbocycles. The van der Waals surface area contributed by atoms with E-state index in [-0.39, 0.29) is 6.04 Å². The molecule has 17 heavy (non-hydrogen) atoms. The van der Waals surface area contributed by atoms with Crippen molar-refractivity contribution in [2.75, 3.05) is 6.61 Å². The maximum atomic E-state index is 11.6. The van der Waals surface area contributed by atoms with Crippen molar-refractivity contribution < 1.29 is 9.53 Å². The van der Waals surface area contributed by atoms with Crippen molar-refractivity contribution >= 4 is 6.09 Å². The van der Waals surface area contributed by atoms with E-state index >= 15 is 0 Å². The van der Waals surface area contributed by atoms with Gasteiger partial charge in [-0.15, -0.1) is 0 Å². The van der Waals surface area contributed by atoms with Gasteiger partial charge in [0.25, 0.3) is 0 Å². The lowest BCUT2D eigenvalue weighted by atomic mass is 10.1. The fourth-order valence-electron chi connectivity index (χ4n) is 1.82. The van der Waals surface area contributed by atoms with Gasteiger partial charge >= 0.3 is 6.09 Å². The maximum Gasteiger partial charge on any atom is 0.411 e. The van der Waals surface area contributed by atoms with E-state index in [1.165, 1.54) is 10.5 Å². The van der Waals surface area contributed by atoms with E-state index in [9.17, 15) is 4.79 Å². The van der Waals surface area contributed by atoms with Crippen LogP contribution in [0, 0.1) is 18.3 Å². The standard InChI is InChI=1S/C13H14N2O2/c1-10-2-4-11(5-3-10)9-15-12(8-14)6-7-17-13(15)16/h2-5,12H,6-7,9H2,1H3. The number of benzene rings is 1. The summed E-state index contributed by atoms with van der Waals surface area (Å²) in [5.41, 5.74) is 2.18. The molecule has 0 N–H and O–H groups in total. The number of aryl methyl sites for hydroxylation is 1. The highest BCUT2D eigenvalue weighted by atomic mass is 16.6. The summed E-state index contributed by atoms with van der Waals surface area (Å²) in [5, 5.41) is 9.00. The molecular weight excluding hydrogens is 216 g/mol. The monoisotopic (exact) mass is 230 g/mol. The average molecular weight is 230 g/mol. The van der Waals surface area contributed by atoms with Crippen molar-refractivity contribution in [3.63, 3.8) is 0 Å². The van der Waals surface area contributed by atoms with Gasteiger partial charge < -0.3 is 4.74 Å². The fraction of sp³-hybridized carbons (Fsp3) is 0.385. The average Bonchev–Trinajstić information content (AvgIpc) is 2.34. The van der Waals surface area contributed by atoms with Crippen molar-refractivity contribution in [2.45, 2.75) is 25.9 Å². The molecule has 0 bridgehead atoms. The predicted molar refractivity (Wildman–Crippen MR) is 62.1 cm³/mol. The molecule has 1 aliphatic rings. The van der Waals surface area contributed by atoms with Crippen LogP contribution in [0.15, 0.2) is 24.3 Å². The molecule has 1 atom stereocenters. The highest BCUT2D eigenvalue weighted by Crippen LogP contribution is 2.17. The molecule has 1 saturated heterocycles. The normalized spacial score (nSPS) is 19.6. The quantitative estimate of drug-likeness (QED) is 0.782. The smallest absolute Gasteiger partial charge is 0.411 e. The first-order valence-electron chi connectivity index (χ1n) is 5.59. The number of cyclic esters (lactones) is 1. The Morgan fingerprint density at radius 3 is 2.82 bits per heavy atom. The Morgan fingerprint density at radius 2 is 2.18 bits per heavy atom. The zero-order chi connectivity index (χ0) is 12.3. The molecule has 1 aromatic carbocycles. The van der Waals surface area contributed by atoms with Crippen molar-refractivity contribution in [1.82, 2.24) is 4.90 Å². The van der Waals surface area contributed by atoms with E-state index in [0.717, 1.165) is 5.56 Å². The van der Waals surface area contributed by atoms with E-state index in [1.807, 2.05) is 31.2 Å². The third kappa shape index (κ3) is 2.56. The first-order valence-corrected chi connectivity index (χ1v) is 5.59. The first-order chi connectivity index (χ1) is 8.20. The lowest BCUT2D eigenvalue weighted by molar-refractivity contribution is 0.0545. The SMILES string of the molecule is Cc1ccc(CN2C(=O)OCCC2C#N)cc1. The summed E-state index contributed by atoms with van der Waals surface area (Å²) in [4.78, 5) is 13.1. The molecule has 1 heterocycles. The van der Waals surface area contributed by atoms with Gasteiger partial charge in [-0.25, -0.2) is 4.79 Å². The molecule has 1 aliphatic heterocycles. The van der Waals surface area contributed by atoms with Gasteiger partial charge in [-0.05, 0) is 12.5 Å². The van der Waals surface area contributed by atoms with Crippen LogP contribution in [-0.4, -0.2) is 23.6 Å². The minimum atomic E-state index is -0.400. The molecule has 0 aromatic heterocycles. The van der Waals surface area contributed by atoms with Gasteiger partial charge in [-0.1, -0.05) is 29.8 Å². The van der Waals surface area contributed by atoms with Gasteiger partial charge in [0.1, 0.15) is 6.04 Å². The van der Waals surface area contributed by atoms with Crippen LogP contribution in [0.5, 0.6) is 0 Å². The first kappa shape index (κ1) is 11.5. The second kappa shape index (κ2) is 4.88. The zero-order valence-corrected chi connectivity index (χ0v) is 9.72. The summed E-state index contributed by atoms with van der Waals surface area (Å²) in [5.74, 6) is 0. The maximum absolute atomic E-state index is 11.6. The van der Waals surface area contributed by atoms with E-state index in [1.54, 1.807) is 0 Å². The number of hydrogen-bond acceptors (Lipinski definition) is 3. The van der Waals surface area contributed by atoms with Crippen LogP contribution in [0.3, 0.4) is 0 Å². The van der Waals surface area contributed by atoms with Crippen molar-refractivity contribution in [3.8, 4) is 6.07 Å². The summed E-state index contributed by atoms with van der Waals surface area (Å²) in [6.45, 7) is 2.77. The number of carbonyl (C=O) groups is 1. The molecule has 1 fully saturated rings. The Morgan fingerprint density at radius 1 is 1.47 bits per heavy atom. The highest BCUT2D eigenvalue weighted by Gasteiger charge is 2.29. The molecule has 0 spiro atoms. The van der Waals surface area contributed by atoms with Gasteiger partial charge in [-0.2, -0.15) is 5.26 Å². The molecule has 1 amide bonds. The lowest BCUT2D eigenvalue weighted by Gasteiger charge is -2.30. The molecule has 0 radical (unpaired) electrons. The number of hydrogen-bond donors (Lipinski definition) is 0. The number of amides is 1. The van der Waals surface area contributed by atoms with Crippen LogP contribution in [0.2, 0.25) is 0 Å². The van der Waals surface area contributed by atoms with Gasteiger partial charge in [0.2, 0.25) is 0 Å². The summed E-state index contributed by atoms with van der Waals surface area (Å²) >= 11 is 0. The Hall–Kier alpha value is -2.02. The topological polar surface area (TPSA) is 53.3 Å². The fourth-order valence-corrected chi connectivity index (χ4v) is 1.82. The summed E-state index contributed by atoms with van der Waals surface area (Å²) < 4.78 is 4.95. The van der Waals surface area contributed by atoms with Crippen LogP contribution >= 0.6 is 0 Å². The van der Waals surface area contributed by atoms with Crippen molar-refractivity contribution in [1.29, 1.82) is 5.26 Å². The second-order valence-electron chi connectivity index (χ2n) is 4.16. The number of nitriles is 1. The summed E-state index contributed by atoms with van der Waals surface area (Å²) in [6, 6.07) is 9.68. The Balaban J connectivity index is 2.12. The molecule has 2 rings (SSSR count). The number of rotatable bonds is 2. The molecule has 4 heteroatoms. The highest BCUT2D eigenvalue weighted by molar-refractivity contribution is 5.69. The minimum absolute atomic E-state index is 0.335. The number of carbonyl (C=O) groups excluding carboxylic acids is 1. The van der Waals surface area contributed by atoms with Crippen LogP contribution in [-0.2, 0) is 11.3 Å². The van der Waals surface area contributed by atoms with E-state index in [0.29, 0.717) is 19.6 Å². The van der Waals surface area contributed by atoms with E-state index in [2.05, 4.69) is 6.07 Å². The Labute approximate surface area is 100 Å². The van der Waals surface area contributed by atoms with Gasteiger partial charge in [-0.3, -0.25) is 4.90 Å². The molecular formula is C13H14N2O2. The van der Waals surface area contributed by atoms with Crippen LogP contribution in [0.25, 0.3) is 0 Å². The van der Waals surface area contributed by atoms with Gasteiger partial charge in [0.15, 0.2) is 0 Å². The summed E-state index contributed by atoms with van der Waals surface area (Å²) in [7, 11) is 0. The lowest BCUT2D eigenvalue weighted by Crippen LogP contribution is -2.44. The van der Waals surface area contributed by atoms with Gasteiger partial charge in [0, 0.05) is 6.42 Å². The second-order valence-corrected chi connectivity index (χ2v) is 4.16. The third-order valence-corrected chi connectivity index (χ3v) is 2.85. The number of nitrogens with zero attached hydrogens (tertiary/aromatic N) is 2. The Kier molecular flexibility index (Phi) is 3.29. The molecule has 0 aliphatic carbocycles. The van der Waals surface area contributed by atoms with E-state index < -0.39 is 6.09 Å². The predicted octanol–water partition coefficient (Wildman–Crippen LogP) is 2.23. The van der Waals surface area contributed by atoms with Crippen LogP contribution in [0.4, 0.5) is 4.79 Å². The molecule has 1 aromatic rings. The summed E-state index contributed by atoms with van der Waals surface area (Å²) in [6.07, 6.45) is 0.178. The van der Waals surface area contributed by atoms with E-state index in [4.69, 9.17) is 10.00 Å². The minimum Gasteiger partial charge on any atom is -0.449 e.